The number of rotatable bonds is 7. The van der Waals surface area contributed by atoms with Gasteiger partial charge < -0.3 is 4.74 Å². The Kier molecular flexibility index (Phi) is 6.10. The zero-order valence-electron chi connectivity index (χ0n) is 13.3. The van der Waals surface area contributed by atoms with Crippen LogP contribution in [-0.2, 0) is 6.42 Å². The van der Waals surface area contributed by atoms with E-state index in [0.717, 1.165) is 24.5 Å². The van der Waals surface area contributed by atoms with E-state index in [9.17, 15) is 0 Å². The molecular weight excluding hydrogens is 256 g/mol. The van der Waals surface area contributed by atoms with Crippen LogP contribution in [0, 0.1) is 5.92 Å². The molecule has 0 atom stereocenters. The zero-order valence-corrected chi connectivity index (χ0v) is 13.3. The average Bonchev–Trinajstić information content (AvgIpc) is 2.54. The van der Waals surface area contributed by atoms with Crippen LogP contribution in [0.15, 0.2) is 43.5 Å². The van der Waals surface area contributed by atoms with Gasteiger partial charge in [0.2, 0.25) is 0 Å². The summed E-state index contributed by atoms with van der Waals surface area (Å²) >= 11 is 0. The fourth-order valence-corrected chi connectivity index (χ4v) is 3.30. The molecule has 21 heavy (non-hydrogen) atoms. The summed E-state index contributed by atoms with van der Waals surface area (Å²) < 4.78 is 5.78. The van der Waals surface area contributed by atoms with Crippen molar-refractivity contribution >= 4 is 0 Å². The average molecular weight is 284 g/mol. The minimum absolute atomic E-state index is 0.584. The maximum absolute atomic E-state index is 5.78. The standard InChI is InChI=1S/C20H28O/c1-4-7-19-15-18(12-13-20(19)21-14-5-2)17-10-8-16(6-3)9-11-17/h5-6,12-13,15-17H,2-4,7-11,14H2,1H3/t16-,17-. The molecule has 0 bridgehead atoms. The molecule has 1 aromatic carbocycles. The van der Waals surface area contributed by atoms with Crippen molar-refractivity contribution in [2.75, 3.05) is 6.61 Å². The van der Waals surface area contributed by atoms with Crippen LogP contribution < -0.4 is 4.74 Å². The highest BCUT2D eigenvalue weighted by Crippen LogP contribution is 2.37. The molecule has 1 heteroatoms. The Morgan fingerprint density at radius 3 is 2.57 bits per heavy atom. The molecule has 1 aliphatic rings. The largest absolute Gasteiger partial charge is 0.489 e. The molecular formula is C20H28O. The molecule has 0 radical (unpaired) electrons. The van der Waals surface area contributed by atoms with Gasteiger partial charge in [-0.2, -0.15) is 0 Å². The lowest BCUT2D eigenvalue weighted by atomic mass is 9.78. The van der Waals surface area contributed by atoms with Crippen molar-refractivity contribution in [3.63, 3.8) is 0 Å². The van der Waals surface area contributed by atoms with E-state index < -0.39 is 0 Å². The Morgan fingerprint density at radius 1 is 1.19 bits per heavy atom. The van der Waals surface area contributed by atoms with Crippen molar-refractivity contribution in [2.24, 2.45) is 5.92 Å². The minimum Gasteiger partial charge on any atom is -0.489 e. The highest BCUT2D eigenvalue weighted by Gasteiger charge is 2.21. The number of aryl methyl sites for hydroxylation is 1. The normalized spacial score (nSPS) is 21.8. The summed E-state index contributed by atoms with van der Waals surface area (Å²) in [6, 6.07) is 6.79. The van der Waals surface area contributed by atoms with Crippen LogP contribution in [0.25, 0.3) is 0 Å². The van der Waals surface area contributed by atoms with Gasteiger partial charge in [-0.05, 0) is 61.1 Å². The molecule has 1 fully saturated rings. The van der Waals surface area contributed by atoms with E-state index in [2.05, 4.69) is 44.4 Å². The Morgan fingerprint density at radius 2 is 1.95 bits per heavy atom. The second-order valence-electron chi connectivity index (χ2n) is 6.06. The van der Waals surface area contributed by atoms with E-state index >= 15 is 0 Å². The first-order valence-corrected chi connectivity index (χ1v) is 8.27. The summed E-state index contributed by atoms with van der Waals surface area (Å²) in [5.41, 5.74) is 2.84. The summed E-state index contributed by atoms with van der Waals surface area (Å²) in [5.74, 6) is 2.47. The smallest absolute Gasteiger partial charge is 0.122 e. The maximum atomic E-state index is 5.78. The summed E-state index contributed by atoms with van der Waals surface area (Å²) in [6.45, 7) is 10.5. The second kappa shape index (κ2) is 8.07. The molecule has 0 aliphatic heterocycles. The first-order valence-electron chi connectivity index (χ1n) is 8.27. The molecule has 0 spiro atoms. The lowest BCUT2D eigenvalue weighted by Crippen LogP contribution is -2.12. The highest BCUT2D eigenvalue weighted by molar-refractivity contribution is 5.39. The van der Waals surface area contributed by atoms with Crippen LogP contribution in [0.2, 0.25) is 0 Å². The minimum atomic E-state index is 0.584. The van der Waals surface area contributed by atoms with E-state index in [1.165, 1.54) is 36.8 Å². The monoisotopic (exact) mass is 284 g/mol. The van der Waals surface area contributed by atoms with Gasteiger partial charge in [0.1, 0.15) is 12.4 Å². The Hall–Kier alpha value is -1.50. The third kappa shape index (κ3) is 4.23. The number of benzene rings is 1. The van der Waals surface area contributed by atoms with Crippen LogP contribution in [0.3, 0.4) is 0 Å². The van der Waals surface area contributed by atoms with Crippen LogP contribution >= 0.6 is 0 Å². The summed E-state index contributed by atoms with van der Waals surface area (Å²) in [7, 11) is 0. The van der Waals surface area contributed by atoms with Crippen molar-refractivity contribution in [2.45, 2.75) is 51.4 Å². The molecule has 0 unspecified atom stereocenters. The number of hydrogen-bond acceptors (Lipinski definition) is 1. The fraction of sp³-hybridized carbons (Fsp3) is 0.500. The van der Waals surface area contributed by atoms with E-state index in [1.807, 2.05) is 0 Å². The van der Waals surface area contributed by atoms with Gasteiger partial charge >= 0.3 is 0 Å². The van der Waals surface area contributed by atoms with Crippen LogP contribution in [0.4, 0.5) is 0 Å². The molecule has 2 rings (SSSR count). The van der Waals surface area contributed by atoms with Crippen molar-refractivity contribution in [3.05, 3.63) is 54.6 Å². The van der Waals surface area contributed by atoms with Crippen LogP contribution in [0.5, 0.6) is 5.75 Å². The lowest BCUT2D eigenvalue weighted by molar-refractivity contribution is 0.357. The van der Waals surface area contributed by atoms with Crippen molar-refractivity contribution in [1.82, 2.24) is 0 Å². The number of allylic oxidation sites excluding steroid dienone is 1. The zero-order chi connectivity index (χ0) is 15.1. The van der Waals surface area contributed by atoms with E-state index in [-0.39, 0.29) is 0 Å². The molecule has 114 valence electrons. The van der Waals surface area contributed by atoms with Gasteiger partial charge in [0.05, 0.1) is 0 Å². The predicted octanol–water partition coefficient (Wildman–Crippen LogP) is 5.66. The predicted molar refractivity (Wildman–Crippen MR) is 91.0 cm³/mol. The Bertz CT molecular complexity index is 467. The lowest BCUT2D eigenvalue weighted by Gasteiger charge is -2.27. The van der Waals surface area contributed by atoms with E-state index in [0.29, 0.717) is 12.5 Å². The Balaban J connectivity index is 2.11. The van der Waals surface area contributed by atoms with Crippen molar-refractivity contribution < 1.29 is 4.74 Å². The Labute approximate surface area is 129 Å². The molecule has 0 saturated heterocycles. The van der Waals surface area contributed by atoms with Crippen molar-refractivity contribution in [1.29, 1.82) is 0 Å². The summed E-state index contributed by atoms with van der Waals surface area (Å²) in [5, 5.41) is 0. The molecule has 0 heterocycles. The first kappa shape index (κ1) is 15.9. The number of ether oxygens (including phenoxy) is 1. The summed E-state index contributed by atoms with van der Waals surface area (Å²) in [6.07, 6.45) is 11.3. The third-order valence-corrected chi connectivity index (χ3v) is 4.54. The quantitative estimate of drug-likeness (QED) is 0.587. The van der Waals surface area contributed by atoms with Gasteiger partial charge in [0.15, 0.2) is 0 Å². The van der Waals surface area contributed by atoms with Gasteiger partial charge in [0, 0.05) is 0 Å². The van der Waals surface area contributed by atoms with Gasteiger partial charge in [0.25, 0.3) is 0 Å². The van der Waals surface area contributed by atoms with Gasteiger partial charge in [-0.3, -0.25) is 0 Å². The fourth-order valence-electron chi connectivity index (χ4n) is 3.30. The molecule has 1 nitrogen and oxygen atoms in total. The number of hydrogen-bond donors (Lipinski definition) is 0. The second-order valence-corrected chi connectivity index (χ2v) is 6.06. The van der Waals surface area contributed by atoms with E-state index in [1.54, 1.807) is 6.08 Å². The SMILES string of the molecule is C=CCOc1ccc([C@H]2CC[C@H](C=C)CC2)cc1CCC. The van der Waals surface area contributed by atoms with Gasteiger partial charge in [-0.25, -0.2) is 0 Å². The van der Waals surface area contributed by atoms with Crippen LogP contribution in [-0.4, -0.2) is 6.61 Å². The molecule has 1 saturated carbocycles. The van der Waals surface area contributed by atoms with Gasteiger partial charge in [-0.1, -0.05) is 44.2 Å². The molecule has 1 aliphatic carbocycles. The van der Waals surface area contributed by atoms with E-state index in [4.69, 9.17) is 4.74 Å². The topological polar surface area (TPSA) is 9.23 Å². The summed E-state index contributed by atoms with van der Waals surface area (Å²) in [4.78, 5) is 0. The third-order valence-electron chi connectivity index (χ3n) is 4.54. The molecule has 1 aromatic rings. The maximum Gasteiger partial charge on any atom is 0.122 e. The first-order chi connectivity index (χ1) is 10.3. The van der Waals surface area contributed by atoms with Gasteiger partial charge in [-0.15, -0.1) is 6.58 Å². The van der Waals surface area contributed by atoms with Crippen molar-refractivity contribution in [3.8, 4) is 5.75 Å². The molecule has 0 amide bonds. The van der Waals surface area contributed by atoms with Crippen LogP contribution in [0.1, 0.15) is 56.1 Å². The molecule has 0 aromatic heterocycles. The molecule has 0 N–H and O–H groups in total. The highest BCUT2D eigenvalue weighted by atomic mass is 16.5.